The summed E-state index contributed by atoms with van der Waals surface area (Å²) < 4.78 is 13.1. The number of esters is 1. The van der Waals surface area contributed by atoms with E-state index in [-0.39, 0.29) is 53.9 Å². The van der Waals surface area contributed by atoms with Gasteiger partial charge in [0.1, 0.15) is 24.7 Å². The zero-order chi connectivity index (χ0) is 30.0. The Morgan fingerprint density at radius 1 is 1.31 bits per heavy atom. The SMILES string of the molecule is Cc1cn(C2CC(N=[N+]=[N-])C(COC(=O)[C@H]3CCC4C5CC=C6CC(=O)CCC6(C)C5C(O)CC43C)O2)c(=O)[nH]c1=O. The summed E-state index contributed by atoms with van der Waals surface area (Å²) >= 11 is 0. The van der Waals surface area contributed by atoms with Crippen LogP contribution in [0.4, 0.5) is 0 Å². The number of carbonyl (C=O) groups is 2. The first-order chi connectivity index (χ1) is 20.0. The molecule has 1 aliphatic heterocycles. The van der Waals surface area contributed by atoms with Gasteiger partial charge in [0, 0.05) is 35.9 Å². The summed E-state index contributed by atoms with van der Waals surface area (Å²) in [5, 5.41) is 15.4. The molecule has 0 aromatic carbocycles. The van der Waals surface area contributed by atoms with Crippen molar-refractivity contribution in [3.8, 4) is 0 Å². The molecule has 4 fully saturated rings. The molecule has 1 aromatic heterocycles. The van der Waals surface area contributed by atoms with Gasteiger partial charge in [-0.2, -0.15) is 0 Å². The molecule has 12 nitrogen and oxygen atoms in total. The fourth-order valence-electron chi connectivity index (χ4n) is 9.28. The van der Waals surface area contributed by atoms with E-state index in [1.54, 1.807) is 6.92 Å². The first kappa shape index (κ1) is 28.9. The predicted octanol–water partition coefficient (Wildman–Crippen LogP) is 3.47. The second-order valence-electron chi connectivity index (χ2n) is 13.5. The van der Waals surface area contributed by atoms with Crippen molar-refractivity contribution in [3.63, 3.8) is 0 Å². The number of rotatable bonds is 5. The standard InChI is InChI=1S/C30H39N5O7/c1-15-13-35(28(40)32-26(15)38)24-11-21(33-34-31)23(42-24)14-41-27(39)20-7-6-19-18-5-4-16-10-17(36)8-9-29(16,2)25(18)22(37)12-30(19,20)3/h4,13,18-25,37H,5-12,14H2,1-3H3,(H,32,38,40)/t18?,19?,20-,21?,22?,23?,24?,25?,29?,30?/m1/s1. The number of nitrogens with one attached hydrogen (secondary N) is 1. The number of hydrogen-bond acceptors (Lipinski definition) is 8. The van der Waals surface area contributed by atoms with Crippen LogP contribution in [-0.4, -0.2) is 51.3 Å². The van der Waals surface area contributed by atoms with E-state index >= 15 is 0 Å². The lowest BCUT2D eigenvalue weighted by atomic mass is 9.46. The van der Waals surface area contributed by atoms with Gasteiger partial charge in [-0.3, -0.25) is 23.9 Å². The number of H-pyrrole nitrogens is 1. The van der Waals surface area contributed by atoms with Gasteiger partial charge in [-0.05, 0) is 73.1 Å². The second kappa shape index (κ2) is 10.5. The minimum absolute atomic E-state index is 0.0758. The number of aromatic nitrogens is 2. The maximum Gasteiger partial charge on any atom is 0.330 e. The molecule has 1 saturated heterocycles. The Bertz CT molecular complexity index is 1490. The molecule has 10 atom stereocenters. The summed E-state index contributed by atoms with van der Waals surface area (Å²) in [6, 6.07) is -0.664. The molecule has 2 heterocycles. The van der Waals surface area contributed by atoms with Gasteiger partial charge in [-0.15, -0.1) is 0 Å². The number of aliphatic hydroxyl groups excluding tert-OH is 1. The number of aliphatic hydroxyl groups is 1. The van der Waals surface area contributed by atoms with Crippen molar-refractivity contribution in [2.45, 2.75) is 96.6 Å². The highest BCUT2D eigenvalue weighted by molar-refractivity contribution is 5.82. The zero-order valence-corrected chi connectivity index (χ0v) is 24.3. The van der Waals surface area contributed by atoms with Crippen LogP contribution < -0.4 is 11.2 Å². The van der Waals surface area contributed by atoms with Crippen molar-refractivity contribution in [2.24, 2.45) is 39.6 Å². The number of carbonyl (C=O) groups excluding carboxylic acids is 2. The number of Topliss-reactive ketones (excluding diaryl/α,β-unsaturated/α-hetero) is 1. The third-order valence-corrected chi connectivity index (χ3v) is 11.4. The van der Waals surface area contributed by atoms with E-state index in [2.05, 4.69) is 34.9 Å². The average Bonchev–Trinajstić information content (AvgIpc) is 3.50. The zero-order valence-electron chi connectivity index (χ0n) is 24.3. The molecule has 0 spiro atoms. The van der Waals surface area contributed by atoms with Crippen LogP contribution in [0.25, 0.3) is 10.4 Å². The number of nitrogens with zero attached hydrogens (tertiary/aromatic N) is 4. The van der Waals surface area contributed by atoms with Crippen molar-refractivity contribution in [3.05, 3.63) is 54.7 Å². The molecule has 1 aromatic rings. The number of ether oxygens (including phenoxy) is 2. The molecule has 4 aliphatic carbocycles. The number of hydrogen-bond donors (Lipinski definition) is 2. The number of fused-ring (bicyclic) bond motifs is 5. The van der Waals surface area contributed by atoms with Crippen molar-refractivity contribution >= 4 is 11.8 Å². The molecule has 0 amide bonds. The Hall–Kier alpha value is -3.21. The van der Waals surface area contributed by atoms with Crippen LogP contribution in [0.5, 0.6) is 0 Å². The summed E-state index contributed by atoms with van der Waals surface area (Å²) in [4.78, 5) is 55.1. The molecule has 5 aliphatic rings. The summed E-state index contributed by atoms with van der Waals surface area (Å²) in [6.07, 6.45) is 6.40. The first-order valence-electron chi connectivity index (χ1n) is 15.0. The van der Waals surface area contributed by atoms with E-state index < -0.39 is 41.1 Å². The molecule has 2 N–H and O–H groups in total. The number of allylic oxidation sites excluding steroid dienone is 2. The fraction of sp³-hybridized carbons (Fsp3) is 0.733. The van der Waals surface area contributed by atoms with Crippen molar-refractivity contribution < 1.29 is 24.2 Å². The van der Waals surface area contributed by atoms with E-state index in [1.165, 1.54) is 16.3 Å². The van der Waals surface area contributed by atoms with Gasteiger partial charge in [-0.1, -0.05) is 30.6 Å². The van der Waals surface area contributed by atoms with Crippen LogP contribution in [0, 0.1) is 41.4 Å². The van der Waals surface area contributed by atoms with Gasteiger partial charge >= 0.3 is 11.7 Å². The minimum atomic E-state index is -0.785. The highest BCUT2D eigenvalue weighted by Crippen LogP contribution is 2.66. The van der Waals surface area contributed by atoms with E-state index in [0.717, 1.165) is 19.3 Å². The Morgan fingerprint density at radius 3 is 2.86 bits per heavy atom. The number of aromatic amines is 1. The number of azide groups is 1. The number of aryl methyl sites for hydroxylation is 1. The maximum absolute atomic E-state index is 13.6. The van der Waals surface area contributed by atoms with Crippen molar-refractivity contribution in [1.82, 2.24) is 9.55 Å². The summed E-state index contributed by atoms with van der Waals surface area (Å²) in [5.74, 6) is 0.115. The van der Waals surface area contributed by atoms with Crippen molar-refractivity contribution in [1.29, 1.82) is 0 Å². The average molecular weight is 582 g/mol. The van der Waals surface area contributed by atoms with E-state index in [0.29, 0.717) is 31.2 Å². The van der Waals surface area contributed by atoms with Gasteiger partial charge in [0.15, 0.2) is 0 Å². The van der Waals surface area contributed by atoms with Crippen LogP contribution in [0.15, 0.2) is 32.5 Å². The molecule has 6 rings (SSSR count). The lowest BCUT2D eigenvalue weighted by molar-refractivity contribution is -0.166. The van der Waals surface area contributed by atoms with Gasteiger partial charge in [0.2, 0.25) is 0 Å². The highest BCUT2D eigenvalue weighted by atomic mass is 16.6. The monoisotopic (exact) mass is 581 g/mol. The molecule has 226 valence electrons. The third kappa shape index (κ3) is 4.55. The third-order valence-electron chi connectivity index (χ3n) is 11.4. The Kier molecular flexibility index (Phi) is 7.22. The lowest BCUT2D eigenvalue weighted by Crippen LogP contribution is -2.56. The summed E-state index contributed by atoms with van der Waals surface area (Å²) in [7, 11) is 0. The Morgan fingerprint density at radius 2 is 2.10 bits per heavy atom. The number of ketones is 1. The molecular weight excluding hydrogens is 542 g/mol. The molecule has 42 heavy (non-hydrogen) atoms. The first-order valence-corrected chi connectivity index (χ1v) is 15.0. The Labute approximate surface area is 243 Å². The smallest absolute Gasteiger partial charge is 0.330 e. The Balaban J connectivity index is 1.16. The minimum Gasteiger partial charge on any atom is -0.463 e. The predicted molar refractivity (Wildman–Crippen MR) is 150 cm³/mol. The molecular formula is C30H39N5O7. The molecule has 3 saturated carbocycles. The largest absolute Gasteiger partial charge is 0.463 e. The van der Waals surface area contributed by atoms with E-state index in [1.807, 2.05) is 0 Å². The van der Waals surface area contributed by atoms with Crippen LogP contribution in [-0.2, 0) is 19.1 Å². The molecule has 9 unspecified atom stereocenters. The second-order valence-corrected chi connectivity index (χ2v) is 13.5. The van der Waals surface area contributed by atoms with Gasteiger partial charge in [-0.25, -0.2) is 4.79 Å². The van der Waals surface area contributed by atoms with Gasteiger partial charge in [0.25, 0.3) is 5.56 Å². The van der Waals surface area contributed by atoms with E-state index in [4.69, 9.17) is 15.0 Å². The van der Waals surface area contributed by atoms with Crippen LogP contribution >= 0.6 is 0 Å². The highest BCUT2D eigenvalue weighted by Gasteiger charge is 2.63. The maximum atomic E-state index is 13.6. The molecule has 12 heteroatoms. The lowest BCUT2D eigenvalue weighted by Gasteiger charge is -2.59. The quantitative estimate of drug-likeness (QED) is 0.176. The topological polar surface area (TPSA) is 176 Å². The van der Waals surface area contributed by atoms with Gasteiger partial charge < -0.3 is 14.6 Å². The molecule has 0 bridgehead atoms. The van der Waals surface area contributed by atoms with Gasteiger partial charge in [0.05, 0.1) is 18.1 Å². The normalized spacial score (nSPS) is 40.8. The molecule has 0 radical (unpaired) electrons. The van der Waals surface area contributed by atoms with Crippen LogP contribution in [0.3, 0.4) is 0 Å². The summed E-state index contributed by atoms with van der Waals surface area (Å²) in [6.45, 7) is 5.76. The van der Waals surface area contributed by atoms with E-state index in [9.17, 15) is 24.3 Å². The van der Waals surface area contributed by atoms with Crippen LogP contribution in [0.1, 0.15) is 77.0 Å². The van der Waals surface area contributed by atoms with Crippen LogP contribution in [0.2, 0.25) is 0 Å². The fourth-order valence-corrected chi connectivity index (χ4v) is 9.28. The summed E-state index contributed by atoms with van der Waals surface area (Å²) in [5.41, 5.74) is 8.90. The van der Waals surface area contributed by atoms with Crippen molar-refractivity contribution in [2.75, 3.05) is 6.61 Å².